The predicted molar refractivity (Wildman–Crippen MR) is 32.2 cm³/mol. The Morgan fingerprint density at radius 3 is 2.57 bits per heavy atom. The molecule has 0 saturated carbocycles. The van der Waals surface area contributed by atoms with Crippen molar-refractivity contribution in [3.63, 3.8) is 0 Å². The van der Waals surface area contributed by atoms with E-state index in [4.69, 9.17) is 0 Å². The minimum absolute atomic E-state index is 0.861. The van der Waals surface area contributed by atoms with Crippen molar-refractivity contribution in [3.05, 3.63) is 11.6 Å². The van der Waals surface area contributed by atoms with E-state index in [9.17, 15) is 0 Å². The molecular weight excluding hydrogens is 84.1 g/mol. The molecule has 0 amide bonds. The van der Waals surface area contributed by atoms with E-state index in [-0.39, 0.29) is 0 Å². The van der Waals surface area contributed by atoms with Crippen LogP contribution < -0.4 is 0 Å². The lowest BCUT2D eigenvalue weighted by molar-refractivity contribution is 0.698. The average molecular weight is 96.2 g/mol. The molecule has 7 heavy (non-hydrogen) atoms. The molecule has 0 aromatic carbocycles. The minimum Gasteiger partial charge on any atom is -0.0828 e. The second-order valence-corrected chi connectivity index (χ2v) is 2.53. The Bertz CT molecular complexity index is 90.2. The standard InChI is InChI=1S/C7H12/c1-6-3-4-7(2)5-6/h5-6H,3-4H2,1-2H3/t6-/m0/s1. The molecule has 0 heterocycles. The van der Waals surface area contributed by atoms with E-state index in [0.29, 0.717) is 0 Å². The molecule has 0 bridgehead atoms. The van der Waals surface area contributed by atoms with Crippen LogP contribution in [0.3, 0.4) is 0 Å². The summed E-state index contributed by atoms with van der Waals surface area (Å²) in [5.41, 5.74) is 1.58. The van der Waals surface area contributed by atoms with E-state index in [1.165, 1.54) is 12.8 Å². The fourth-order valence-electron chi connectivity index (χ4n) is 1.11. The highest BCUT2D eigenvalue weighted by molar-refractivity contribution is 5.06. The van der Waals surface area contributed by atoms with Crippen molar-refractivity contribution in [3.8, 4) is 0 Å². The van der Waals surface area contributed by atoms with Crippen LogP contribution in [-0.2, 0) is 0 Å². The van der Waals surface area contributed by atoms with Gasteiger partial charge in [0.1, 0.15) is 0 Å². The van der Waals surface area contributed by atoms with Crippen LogP contribution >= 0.6 is 0 Å². The summed E-state index contributed by atoms with van der Waals surface area (Å²) in [7, 11) is 0. The molecular formula is C7H12. The normalized spacial score (nSPS) is 30.6. The summed E-state index contributed by atoms with van der Waals surface area (Å²) in [6, 6.07) is 0. The van der Waals surface area contributed by atoms with E-state index in [1.54, 1.807) is 5.57 Å². The molecule has 0 aromatic rings. The van der Waals surface area contributed by atoms with Crippen molar-refractivity contribution >= 4 is 0 Å². The monoisotopic (exact) mass is 96.1 g/mol. The lowest BCUT2D eigenvalue weighted by atomic mass is 10.2. The van der Waals surface area contributed by atoms with E-state index < -0.39 is 0 Å². The first kappa shape index (κ1) is 4.89. The highest BCUT2D eigenvalue weighted by atomic mass is 14.1. The third-order valence-electron chi connectivity index (χ3n) is 1.56. The van der Waals surface area contributed by atoms with Gasteiger partial charge >= 0.3 is 0 Å². The molecule has 40 valence electrons. The van der Waals surface area contributed by atoms with E-state index >= 15 is 0 Å². The van der Waals surface area contributed by atoms with Gasteiger partial charge in [0.15, 0.2) is 0 Å². The largest absolute Gasteiger partial charge is 0.0828 e. The molecule has 1 aliphatic rings. The predicted octanol–water partition coefficient (Wildman–Crippen LogP) is 2.36. The van der Waals surface area contributed by atoms with Gasteiger partial charge in [0, 0.05) is 0 Å². The molecule has 1 rings (SSSR count). The van der Waals surface area contributed by atoms with E-state index in [2.05, 4.69) is 19.9 Å². The lowest BCUT2D eigenvalue weighted by Crippen LogP contribution is -1.76. The zero-order chi connectivity index (χ0) is 5.28. The van der Waals surface area contributed by atoms with Crippen LogP contribution in [0.5, 0.6) is 0 Å². The maximum atomic E-state index is 2.36. The first-order chi connectivity index (χ1) is 3.29. The summed E-state index contributed by atoms with van der Waals surface area (Å²) in [6.07, 6.45) is 5.08. The highest BCUT2D eigenvalue weighted by Gasteiger charge is 2.05. The fourth-order valence-corrected chi connectivity index (χ4v) is 1.11. The Labute approximate surface area is 45.2 Å². The number of hydrogen-bond acceptors (Lipinski definition) is 0. The van der Waals surface area contributed by atoms with Gasteiger partial charge in [0.25, 0.3) is 0 Å². The van der Waals surface area contributed by atoms with Gasteiger partial charge in [-0.1, -0.05) is 18.6 Å². The zero-order valence-electron chi connectivity index (χ0n) is 5.07. The summed E-state index contributed by atoms with van der Waals surface area (Å²) in [4.78, 5) is 0. The number of allylic oxidation sites excluding steroid dienone is 2. The van der Waals surface area contributed by atoms with Crippen molar-refractivity contribution < 1.29 is 0 Å². The summed E-state index contributed by atoms with van der Waals surface area (Å²) >= 11 is 0. The first-order valence-corrected chi connectivity index (χ1v) is 2.96. The summed E-state index contributed by atoms with van der Waals surface area (Å²) in [6.45, 7) is 4.49. The van der Waals surface area contributed by atoms with Crippen LogP contribution in [0.25, 0.3) is 0 Å². The van der Waals surface area contributed by atoms with Crippen molar-refractivity contribution in [2.45, 2.75) is 26.7 Å². The van der Waals surface area contributed by atoms with Gasteiger partial charge in [-0.2, -0.15) is 0 Å². The van der Waals surface area contributed by atoms with Gasteiger partial charge < -0.3 is 0 Å². The Hall–Kier alpha value is -0.260. The quantitative estimate of drug-likeness (QED) is 0.406. The van der Waals surface area contributed by atoms with Crippen LogP contribution in [-0.4, -0.2) is 0 Å². The van der Waals surface area contributed by atoms with Crippen molar-refractivity contribution in [2.75, 3.05) is 0 Å². The maximum Gasteiger partial charge on any atom is -0.0256 e. The first-order valence-electron chi connectivity index (χ1n) is 2.96. The number of hydrogen-bond donors (Lipinski definition) is 0. The van der Waals surface area contributed by atoms with Gasteiger partial charge in [-0.3, -0.25) is 0 Å². The van der Waals surface area contributed by atoms with E-state index in [1.807, 2.05) is 0 Å². The molecule has 0 nitrogen and oxygen atoms in total. The Morgan fingerprint density at radius 2 is 2.43 bits per heavy atom. The van der Waals surface area contributed by atoms with Gasteiger partial charge in [-0.15, -0.1) is 0 Å². The molecule has 0 saturated heterocycles. The van der Waals surface area contributed by atoms with Gasteiger partial charge in [-0.05, 0) is 25.7 Å². The van der Waals surface area contributed by atoms with Crippen LogP contribution in [0.1, 0.15) is 26.7 Å². The van der Waals surface area contributed by atoms with E-state index in [0.717, 1.165) is 5.92 Å². The third-order valence-corrected chi connectivity index (χ3v) is 1.56. The third kappa shape index (κ3) is 1.05. The van der Waals surface area contributed by atoms with Crippen LogP contribution in [0.4, 0.5) is 0 Å². The fraction of sp³-hybridized carbons (Fsp3) is 0.714. The van der Waals surface area contributed by atoms with Crippen LogP contribution in [0.15, 0.2) is 11.6 Å². The Balaban J connectivity index is 2.50. The molecule has 0 unspecified atom stereocenters. The Morgan fingerprint density at radius 1 is 1.71 bits per heavy atom. The van der Waals surface area contributed by atoms with Crippen molar-refractivity contribution in [2.24, 2.45) is 5.92 Å². The SMILES string of the molecule is CC1=C[C@@H](C)CC1. The summed E-state index contributed by atoms with van der Waals surface area (Å²) in [5, 5.41) is 0. The summed E-state index contributed by atoms with van der Waals surface area (Å²) in [5.74, 6) is 0.861. The smallest absolute Gasteiger partial charge is 0.0256 e. The van der Waals surface area contributed by atoms with Gasteiger partial charge in [0.2, 0.25) is 0 Å². The lowest BCUT2D eigenvalue weighted by Gasteiger charge is -1.89. The molecule has 0 radical (unpaired) electrons. The van der Waals surface area contributed by atoms with Crippen molar-refractivity contribution in [1.29, 1.82) is 0 Å². The molecule has 0 N–H and O–H groups in total. The molecule has 1 atom stereocenters. The molecule has 0 spiro atoms. The van der Waals surface area contributed by atoms with Gasteiger partial charge in [-0.25, -0.2) is 0 Å². The summed E-state index contributed by atoms with van der Waals surface area (Å²) < 4.78 is 0. The topological polar surface area (TPSA) is 0 Å². The minimum atomic E-state index is 0.861. The second kappa shape index (κ2) is 1.69. The van der Waals surface area contributed by atoms with Crippen LogP contribution in [0, 0.1) is 5.92 Å². The highest BCUT2D eigenvalue weighted by Crippen LogP contribution is 2.21. The molecule has 1 aliphatic carbocycles. The number of rotatable bonds is 0. The second-order valence-electron chi connectivity index (χ2n) is 2.53. The maximum absolute atomic E-state index is 2.36. The van der Waals surface area contributed by atoms with Gasteiger partial charge in [0.05, 0.1) is 0 Å². The van der Waals surface area contributed by atoms with Crippen molar-refractivity contribution in [1.82, 2.24) is 0 Å². The molecule has 0 heteroatoms. The molecule has 0 aromatic heterocycles. The molecule has 0 aliphatic heterocycles. The Kier molecular flexibility index (Phi) is 1.18. The zero-order valence-corrected chi connectivity index (χ0v) is 5.07. The average Bonchev–Trinajstić information content (AvgIpc) is 1.87. The van der Waals surface area contributed by atoms with Crippen LogP contribution in [0.2, 0.25) is 0 Å². The molecule has 0 fully saturated rings.